The van der Waals surface area contributed by atoms with E-state index in [1.54, 1.807) is 48.7 Å². The van der Waals surface area contributed by atoms with Gasteiger partial charge in [0.2, 0.25) is 0 Å². The lowest BCUT2D eigenvalue weighted by molar-refractivity contribution is -0.0506. The maximum atomic E-state index is 12.6. The zero-order valence-electron chi connectivity index (χ0n) is 14.6. The van der Waals surface area contributed by atoms with Crippen LogP contribution in [0.3, 0.4) is 0 Å². The summed E-state index contributed by atoms with van der Waals surface area (Å²) < 4.78 is 41.1. The zero-order chi connectivity index (χ0) is 19.1. The molecule has 2 rings (SSSR count). The molecule has 0 bridgehead atoms. The van der Waals surface area contributed by atoms with Crippen molar-refractivity contribution in [3.05, 3.63) is 65.2 Å². The van der Waals surface area contributed by atoms with Gasteiger partial charge in [-0.3, -0.25) is 9.00 Å². The molecule has 7 heteroatoms. The Labute approximate surface area is 154 Å². The van der Waals surface area contributed by atoms with Gasteiger partial charge in [0.05, 0.1) is 6.04 Å². The number of halogens is 2. The largest absolute Gasteiger partial charge is 0.434 e. The SMILES string of the molecule is CCC(NC(=O)c1cccc(CS(C)=O)c1)c1ccccc1OC(F)F. The Bertz CT molecular complexity index is 783. The van der Waals surface area contributed by atoms with Gasteiger partial charge >= 0.3 is 6.61 Å². The molecule has 4 nitrogen and oxygen atoms in total. The molecule has 2 unspecified atom stereocenters. The van der Waals surface area contributed by atoms with E-state index in [-0.39, 0.29) is 11.7 Å². The third-order valence-corrected chi connectivity index (χ3v) is 4.52. The van der Waals surface area contributed by atoms with E-state index in [0.29, 0.717) is 23.3 Å². The Morgan fingerprint density at radius 1 is 1.19 bits per heavy atom. The predicted molar refractivity (Wildman–Crippen MR) is 97.8 cm³/mol. The number of nitrogens with one attached hydrogen (secondary N) is 1. The number of hydrogen-bond donors (Lipinski definition) is 1. The number of para-hydroxylation sites is 1. The lowest BCUT2D eigenvalue weighted by Crippen LogP contribution is -2.28. The minimum absolute atomic E-state index is 0.0461. The molecule has 140 valence electrons. The van der Waals surface area contributed by atoms with Gasteiger partial charge in [0, 0.05) is 33.9 Å². The second-order valence-electron chi connectivity index (χ2n) is 5.77. The number of carbonyl (C=O) groups is 1. The van der Waals surface area contributed by atoms with Crippen molar-refractivity contribution in [1.82, 2.24) is 5.32 Å². The summed E-state index contributed by atoms with van der Waals surface area (Å²) in [6.07, 6.45) is 2.10. The summed E-state index contributed by atoms with van der Waals surface area (Å²) in [6.45, 7) is -1.09. The molecular formula is C19H21F2NO3S. The summed E-state index contributed by atoms with van der Waals surface area (Å²) in [5, 5.41) is 2.85. The van der Waals surface area contributed by atoms with Crippen molar-refractivity contribution in [3.8, 4) is 5.75 Å². The standard InChI is InChI=1S/C19H21F2NO3S/c1-3-16(15-9-4-5-10-17(15)25-19(20)21)22-18(23)14-8-6-7-13(11-14)12-26(2)24/h4-11,16,19H,3,12H2,1-2H3,(H,22,23). The molecule has 0 aliphatic rings. The van der Waals surface area contributed by atoms with Crippen LogP contribution in [0.2, 0.25) is 0 Å². The number of benzene rings is 2. The monoisotopic (exact) mass is 381 g/mol. The Balaban J connectivity index is 2.20. The van der Waals surface area contributed by atoms with E-state index in [4.69, 9.17) is 0 Å². The van der Waals surface area contributed by atoms with E-state index in [1.807, 2.05) is 6.92 Å². The van der Waals surface area contributed by atoms with E-state index in [1.165, 1.54) is 6.07 Å². The molecule has 0 heterocycles. The average Bonchev–Trinajstić information content (AvgIpc) is 2.59. The Morgan fingerprint density at radius 2 is 1.92 bits per heavy atom. The van der Waals surface area contributed by atoms with E-state index in [2.05, 4.69) is 10.1 Å². The third kappa shape index (κ3) is 5.62. The summed E-state index contributed by atoms with van der Waals surface area (Å²) in [5.41, 5.74) is 1.72. The van der Waals surface area contributed by atoms with Crippen LogP contribution in [-0.4, -0.2) is 23.0 Å². The van der Waals surface area contributed by atoms with Gasteiger partial charge in [-0.2, -0.15) is 8.78 Å². The van der Waals surface area contributed by atoms with Crippen LogP contribution in [0.25, 0.3) is 0 Å². The quantitative estimate of drug-likeness (QED) is 0.751. The highest BCUT2D eigenvalue weighted by molar-refractivity contribution is 7.83. The first-order valence-corrected chi connectivity index (χ1v) is 9.87. The molecule has 2 aromatic rings. The van der Waals surface area contributed by atoms with Gasteiger partial charge in [0.25, 0.3) is 5.91 Å². The van der Waals surface area contributed by atoms with Crippen LogP contribution in [0.4, 0.5) is 8.78 Å². The van der Waals surface area contributed by atoms with Crippen LogP contribution in [0, 0.1) is 0 Å². The number of alkyl halides is 2. The molecule has 2 aromatic carbocycles. The summed E-state index contributed by atoms with van der Waals surface area (Å²) in [7, 11) is -1.01. The van der Waals surface area contributed by atoms with Crippen molar-refractivity contribution in [2.75, 3.05) is 6.26 Å². The van der Waals surface area contributed by atoms with Gasteiger partial charge in [-0.1, -0.05) is 37.3 Å². The molecule has 26 heavy (non-hydrogen) atoms. The Kier molecular flexibility index (Phi) is 7.26. The highest BCUT2D eigenvalue weighted by Crippen LogP contribution is 2.28. The predicted octanol–water partition coefficient (Wildman–Crippen LogP) is 4.05. The number of ether oxygens (including phenoxy) is 1. The maximum Gasteiger partial charge on any atom is 0.387 e. The van der Waals surface area contributed by atoms with Crippen molar-refractivity contribution in [2.24, 2.45) is 0 Å². The fourth-order valence-electron chi connectivity index (χ4n) is 2.65. The van der Waals surface area contributed by atoms with Crippen LogP contribution in [-0.2, 0) is 16.6 Å². The molecule has 2 atom stereocenters. The van der Waals surface area contributed by atoms with E-state index in [9.17, 15) is 17.8 Å². The zero-order valence-corrected chi connectivity index (χ0v) is 15.4. The smallest absolute Gasteiger partial charge is 0.387 e. The number of hydrogen-bond acceptors (Lipinski definition) is 3. The van der Waals surface area contributed by atoms with Crippen LogP contribution < -0.4 is 10.1 Å². The number of amides is 1. The minimum atomic E-state index is -2.93. The van der Waals surface area contributed by atoms with Crippen molar-refractivity contribution < 1.29 is 22.5 Å². The summed E-state index contributed by atoms with van der Waals surface area (Å²) >= 11 is 0. The molecule has 0 aliphatic heterocycles. The number of carbonyl (C=O) groups excluding carboxylic acids is 1. The lowest BCUT2D eigenvalue weighted by Gasteiger charge is -2.20. The summed E-state index contributed by atoms with van der Waals surface area (Å²) in [4.78, 5) is 12.6. The van der Waals surface area contributed by atoms with Gasteiger partial charge in [0.15, 0.2) is 0 Å². The second-order valence-corrected chi connectivity index (χ2v) is 7.20. The van der Waals surface area contributed by atoms with Gasteiger partial charge in [-0.25, -0.2) is 0 Å². The fraction of sp³-hybridized carbons (Fsp3) is 0.316. The molecule has 0 saturated carbocycles. The highest BCUT2D eigenvalue weighted by Gasteiger charge is 2.19. The molecule has 0 spiro atoms. The van der Waals surface area contributed by atoms with Crippen molar-refractivity contribution in [1.29, 1.82) is 0 Å². The molecule has 0 fully saturated rings. The molecular weight excluding hydrogens is 360 g/mol. The maximum absolute atomic E-state index is 12.6. The first-order chi connectivity index (χ1) is 12.4. The molecule has 0 aliphatic carbocycles. The highest BCUT2D eigenvalue weighted by atomic mass is 32.2. The Morgan fingerprint density at radius 3 is 2.58 bits per heavy atom. The average molecular weight is 381 g/mol. The van der Waals surface area contributed by atoms with Gasteiger partial charge < -0.3 is 10.1 Å². The van der Waals surface area contributed by atoms with Crippen molar-refractivity contribution in [3.63, 3.8) is 0 Å². The fourth-order valence-corrected chi connectivity index (χ4v) is 3.30. The van der Waals surface area contributed by atoms with Crippen LogP contribution in [0.5, 0.6) is 5.75 Å². The van der Waals surface area contributed by atoms with E-state index < -0.39 is 23.5 Å². The van der Waals surface area contributed by atoms with E-state index >= 15 is 0 Å². The van der Waals surface area contributed by atoms with Crippen molar-refractivity contribution >= 4 is 16.7 Å². The van der Waals surface area contributed by atoms with E-state index in [0.717, 1.165) is 5.56 Å². The van der Waals surface area contributed by atoms with Crippen LogP contribution in [0.15, 0.2) is 48.5 Å². The van der Waals surface area contributed by atoms with Crippen molar-refractivity contribution in [2.45, 2.75) is 31.8 Å². The Hall–Kier alpha value is -2.28. The molecule has 1 amide bonds. The summed E-state index contributed by atoms with van der Waals surface area (Å²) in [5.74, 6) is 0.0841. The molecule has 0 radical (unpaired) electrons. The first-order valence-electron chi connectivity index (χ1n) is 8.14. The van der Waals surface area contributed by atoms with Crippen LogP contribution in [0.1, 0.15) is 40.9 Å². The van der Waals surface area contributed by atoms with Gasteiger partial charge in [0.1, 0.15) is 5.75 Å². The molecule has 0 aromatic heterocycles. The molecule has 1 N–H and O–H groups in total. The number of rotatable bonds is 8. The lowest BCUT2D eigenvalue weighted by atomic mass is 10.0. The second kappa shape index (κ2) is 9.43. The summed E-state index contributed by atoms with van der Waals surface area (Å²) in [6, 6.07) is 12.8. The first kappa shape index (κ1) is 20.0. The van der Waals surface area contributed by atoms with Crippen LogP contribution >= 0.6 is 0 Å². The van der Waals surface area contributed by atoms with Gasteiger partial charge in [-0.15, -0.1) is 0 Å². The van der Waals surface area contributed by atoms with Gasteiger partial charge in [-0.05, 0) is 30.2 Å². The third-order valence-electron chi connectivity index (χ3n) is 3.78. The molecule has 0 saturated heterocycles. The topological polar surface area (TPSA) is 55.4 Å². The minimum Gasteiger partial charge on any atom is -0.434 e. The normalized spacial score (nSPS) is 13.3.